The molecule has 4 heteroatoms. The summed E-state index contributed by atoms with van der Waals surface area (Å²) in [6.45, 7) is 1.86. The molecule has 2 heterocycles. The Bertz CT molecular complexity index is 456. The Morgan fingerprint density at radius 3 is 2.88 bits per heavy atom. The first kappa shape index (κ1) is 10.7. The van der Waals surface area contributed by atoms with Crippen LogP contribution >= 0.6 is 0 Å². The van der Waals surface area contributed by atoms with Gasteiger partial charge < -0.3 is 5.73 Å². The van der Waals surface area contributed by atoms with Gasteiger partial charge in [-0.2, -0.15) is 0 Å². The van der Waals surface area contributed by atoms with E-state index in [-0.39, 0.29) is 6.04 Å². The predicted molar refractivity (Wildman–Crippen MR) is 61.6 cm³/mol. The van der Waals surface area contributed by atoms with Crippen molar-refractivity contribution in [1.82, 2.24) is 15.0 Å². The van der Waals surface area contributed by atoms with Gasteiger partial charge in [-0.25, -0.2) is 9.97 Å². The number of nitrogens with two attached hydrogens (primary N) is 1. The van der Waals surface area contributed by atoms with Crippen LogP contribution in [0, 0.1) is 6.92 Å². The standard InChI is InChI=1S/C12H14N4/c1-9-15-6-4-12(16-9)11(13)7-10-3-2-5-14-8-10/h2-6,8,11H,7,13H2,1H3. The molecule has 0 spiro atoms. The van der Waals surface area contributed by atoms with Crippen LogP contribution in [0.1, 0.15) is 23.1 Å². The molecule has 2 aromatic rings. The van der Waals surface area contributed by atoms with Crippen LogP contribution in [0.15, 0.2) is 36.8 Å². The number of nitrogens with zero attached hydrogens (tertiary/aromatic N) is 3. The van der Waals surface area contributed by atoms with Crippen LogP contribution in [0.3, 0.4) is 0 Å². The summed E-state index contributed by atoms with van der Waals surface area (Å²) in [4.78, 5) is 12.4. The summed E-state index contributed by atoms with van der Waals surface area (Å²) in [6, 6.07) is 5.67. The Hall–Kier alpha value is -1.81. The van der Waals surface area contributed by atoms with Crippen molar-refractivity contribution < 1.29 is 0 Å². The van der Waals surface area contributed by atoms with E-state index in [0.29, 0.717) is 0 Å². The molecule has 0 amide bonds. The van der Waals surface area contributed by atoms with E-state index in [2.05, 4.69) is 15.0 Å². The largest absolute Gasteiger partial charge is 0.322 e. The van der Waals surface area contributed by atoms with Gasteiger partial charge in [0.05, 0.1) is 11.7 Å². The minimum Gasteiger partial charge on any atom is -0.322 e. The number of pyridine rings is 1. The molecule has 0 saturated heterocycles. The third-order valence-corrected chi connectivity index (χ3v) is 2.36. The van der Waals surface area contributed by atoms with Crippen molar-refractivity contribution in [3.05, 3.63) is 53.9 Å². The van der Waals surface area contributed by atoms with Crippen LogP contribution in [0.5, 0.6) is 0 Å². The molecule has 16 heavy (non-hydrogen) atoms. The SMILES string of the molecule is Cc1nccc(C(N)Cc2cccnc2)n1. The van der Waals surface area contributed by atoms with Gasteiger partial charge in [0.15, 0.2) is 0 Å². The first-order chi connectivity index (χ1) is 7.75. The van der Waals surface area contributed by atoms with Crippen LogP contribution in [0.25, 0.3) is 0 Å². The molecule has 0 aliphatic heterocycles. The molecule has 0 aliphatic rings. The molecular weight excluding hydrogens is 200 g/mol. The molecule has 2 aromatic heterocycles. The van der Waals surface area contributed by atoms with E-state index in [0.717, 1.165) is 23.5 Å². The number of hydrogen-bond acceptors (Lipinski definition) is 4. The molecule has 0 fully saturated rings. The molecule has 2 N–H and O–H groups in total. The monoisotopic (exact) mass is 214 g/mol. The van der Waals surface area contributed by atoms with Gasteiger partial charge in [-0.1, -0.05) is 6.07 Å². The number of aromatic nitrogens is 3. The van der Waals surface area contributed by atoms with Crippen molar-refractivity contribution in [2.45, 2.75) is 19.4 Å². The average molecular weight is 214 g/mol. The highest BCUT2D eigenvalue weighted by Crippen LogP contribution is 2.12. The minimum atomic E-state index is -0.106. The summed E-state index contributed by atoms with van der Waals surface area (Å²) >= 11 is 0. The van der Waals surface area contributed by atoms with Crippen LogP contribution in [0.2, 0.25) is 0 Å². The molecule has 0 aromatic carbocycles. The van der Waals surface area contributed by atoms with Crippen LogP contribution < -0.4 is 5.73 Å². The zero-order valence-corrected chi connectivity index (χ0v) is 9.17. The number of aryl methyl sites for hydroxylation is 1. The van der Waals surface area contributed by atoms with Crippen molar-refractivity contribution >= 4 is 0 Å². The van der Waals surface area contributed by atoms with Gasteiger partial charge in [-0.15, -0.1) is 0 Å². The Morgan fingerprint density at radius 1 is 1.31 bits per heavy atom. The second-order valence-corrected chi connectivity index (χ2v) is 3.70. The predicted octanol–water partition coefficient (Wildman–Crippen LogP) is 1.42. The summed E-state index contributed by atoms with van der Waals surface area (Å²) in [5, 5.41) is 0. The van der Waals surface area contributed by atoms with Gasteiger partial charge in [0.25, 0.3) is 0 Å². The highest BCUT2D eigenvalue weighted by atomic mass is 14.9. The maximum atomic E-state index is 6.08. The van der Waals surface area contributed by atoms with E-state index < -0.39 is 0 Å². The van der Waals surface area contributed by atoms with Gasteiger partial charge >= 0.3 is 0 Å². The van der Waals surface area contributed by atoms with Crippen LogP contribution in [-0.2, 0) is 6.42 Å². The van der Waals surface area contributed by atoms with Gasteiger partial charge in [-0.3, -0.25) is 4.98 Å². The van der Waals surface area contributed by atoms with E-state index in [1.54, 1.807) is 12.4 Å². The van der Waals surface area contributed by atoms with Crippen molar-refractivity contribution in [2.24, 2.45) is 5.73 Å². The molecular formula is C12H14N4. The van der Waals surface area contributed by atoms with Gasteiger partial charge in [-0.05, 0) is 31.0 Å². The van der Waals surface area contributed by atoms with Gasteiger partial charge in [0, 0.05) is 18.6 Å². The van der Waals surface area contributed by atoms with E-state index in [1.165, 1.54) is 0 Å². The Kier molecular flexibility index (Phi) is 3.22. The minimum absolute atomic E-state index is 0.106. The first-order valence-electron chi connectivity index (χ1n) is 5.20. The maximum absolute atomic E-state index is 6.08. The lowest BCUT2D eigenvalue weighted by atomic mass is 10.1. The van der Waals surface area contributed by atoms with Gasteiger partial charge in [0.1, 0.15) is 5.82 Å². The second-order valence-electron chi connectivity index (χ2n) is 3.70. The lowest BCUT2D eigenvalue weighted by molar-refractivity contribution is 0.686. The zero-order chi connectivity index (χ0) is 11.4. The van der Waals surface area contributed by atoms with Crippen molar-refractivity contribution in [3.63, 3.8) is 0 Å². The van der Waals surface area contributed by atoms with E-state index in [9.17, 15) is 0 Å². The highest BCUT2D eigenvalue weighted by molar-refractivity contribution is 5.15. The molecule has 1 atom stereocenters. The summed E-state index contributed by atoms with van der Waals surface area (Å²) in [7, 11) is 0. The number of rotatable bonds is 3. The summed E-state index contributed by atoms with van der Waals surface area (Å²) in [5.74, 6) is 0.749. The van der Waals surface area contributed by atoms with Crippen molar-refractivity contribution in [1.29, 1.82) is 0 Å². The molecule has 0 radical (unpaired) electrons. The van der Waals surface area contributed by atoms with Crippen molar-refractivity contribution in [3.8, 4) is 0 Å². The fourth-order valence-corrected chi connectivity index (χ4v) is 1.56. The van der Waals surface area contributed by atoms with Crippen LogP contribution in [-0.4, -0.2) is 15.0 Å². The van der Waals surface area contributed by atoms with E-state index in [4.69, 9.17) is 5.73 Å². The quantitative estimate of drug-likeness (QED) is 0.839. The molecule has 0 aliphatic carbocycles. The molecule has 0 saturated carbocycles. The summed E-state index contributed by atoms with van der Waals surface area (Å²) in [6.07, 6.45) is 6.06. The Balaban J connectivity index is 2.12. The fraction of sp³-hybridized carbons (Fsp3) is 0.250. The topological polar surface area (TPSA) is 64.7 Å². The smallest absolute Gasteiger partial charge is 0.125 e. The Labute approximate surface area is 94.6 Å². The zero-order valence-electron chi connectivity index (χ0n) is 9.17. The van der Waals surface area contributed by atoms with Crippen LogP contribution in [0.4, 0.5) is 0 Å². The molecule has 82 valence electrons. The second kappa shape index (κ2) is 4.81. The van der Waals surface area contributed by atoms with Gasteiger partial charge in [0.2, 0.25) is 0 Å². The molecule has 2 rings (SSSR count). The summed E-state index contributed by atoms with van der Waals surface area (Å²) in [5.41, 5.74) is 8.07. The lowest BCUT2D eigenvalue weighted by Crippen LogP contribution is -2.15. The summed E-state index contributed by atoms with van der Waals surface area (Å²) < 4.78 is 0. The maximum Gasteiger partial charge on any atom is 0.125 e. The molecule has 1 unspecified atom stereocenters. The molecule has 4 nitrogen and oxygen atoms in total. The molecule has 0 bridgehead atoms. The highest BCUT2D eigenvalue weighted by Gasteiger charge is 2.08. The number of hydrogen-bond donors (Lipinski definition) is 1. The fourth-order valence-electron chi connectivity index (χ4n) is 1.56. The lowest BCUT2D eigenvalue weighted by Gasteiger charge is -2.10. The normalized spacial score (nSPS) is 12.4. The first-order valence-corrected chi connectivity index (χ1v) is 5.20. The third kappa shape index (κ3) is 2.61. The van der Waals surface area contributed by atoms with E-state index >= 15 is 0 Å². The van der Waals surface area contributed by atoms with Crippen molar-refractivity contribution in [2.75, 3.05) is 0 Å². The van der Waals surface area contributed by atoms with E-state index in [1.807, 2.05) is 31.3 Å². The average Bonchev–Trinajstić information content (AvgIpc) is 2.30. The third-order valence-electron chi connectivity index (χ3n) is 2.36. The Morgan fingerprint density at radius 2 is 2.19 bits per heavy atom.